The predicted octanol–water partition coefficient (Wildman–Crippen LogP) is 3.99. The minimum atomic E-state index is -0.494. The number of carbonyl (C=O) groups is 2. The highest BCUT2D eigenvalue weighted by Gasteiger charge is 2.14. The Bertz CT molecular complexity index is 726. The van der Waals surface area contributed by atoms with Crippen LogP contribution in [0, 0.1) is 6.92 Å². The lowest BCUT2D eigenvalue weighted by Crippen LogP contribution is -2.22. The minimum Gasteiger partial charge on any atom is -0.465 e. The van der Waals surface area contributed by atoms with E-state index in [1.165, 1.54) is 7.11 Å². The van der Waals surface area contributed by atoms with Crippen LogP contribution in [0.25, 0.3) is 0 Å². The van der Waals surface area contributed by atoms with E-state index in [2.05, 4.69) is 10.6 Å². The van der Waals surface area contributed by atoms with Crippen LogP contribution >= 0.6 is 0 Å². The molecule has 2 aromatic carbocycles. The molecule has 0 heterocycles. The molecule has 2 rings (SSSR count). The molecule has 0 aliphatic rings. The first-order chi connectivity index (χ1) is 11.1. The van der Waals surface area contributed by atoms with Crippen molar-refractivity contribution in [3.63, 3.8) is 0 Å². The summed E-state index contributed by atoms with van der Waals surface area (Å²) in [7, 11) is 1.31. The van der Waals surface area contributed by atoms with Crippen molar-refractivity contribution in [3.05, 3.63) is 59.2 Å². The number of carbonyl (C=O) groups excluding carboxylic acids is 2. The lowest BCUT2D eigenvalue weighted by Gasteiger charge is -2.14. The van der Waals surface area contributed by atoms with Crippen LogP contribution in [0.4, 0.5) is 16.2 Å². The maximum atomic E-state index is 12.3. The van der Waals surface area contributed by atoms with Gasteiger partial charge in [0, 0.05) is 5.69 Å². The average molecular weight is 312 g/mol. The molecular weight excluding hydrogens is 292 g/mol. The molecule has 0 spiro atoms. The largest absolute Gasteiger partial charge is 0.465 e. The summed E-state index contributed by atoms with van der Waals surface area (Å²) >= 11 is 0. The fourth-order valence-electron chi connectivity index (χ4n) is 2.35. The van der Waals surface area contributed by atoms with E-state index in [9.17, 15) is 9.59 Å². The van der Waals surface area contributed by atoms with Crippen molar-refractivity contribution in [2.45, 2.75) is 20.3 Å². The molecule has 0 radical (unpaired) electrons. The molecule has 5 heteroatoms. The number of methoxy groups -OCH3 is 1. The number of benzene rings is 2. The van der Waals surface area contributed by atoms with Gasteiger partial charge in [-0.1, -0.05) is 37.3 Å². The number of hydrogen-bond donors (Lipinski definition) is 2. The second-order valence-electron chi connectivity index (χ2n) is 5.08. The Balaban J connectivity index is 2.20. The van der Waals surface area contributed by atoms with E-state index in [0.29, 0.717) is 11.3 Å². The van der Waals surface area contributed by atoms with Gasteiger partial charge in [0.2, 0.25) is 0 Å². The number of esters is 1. The van der Waals surface area contributed by atoms with E-state index in [1.807, 2.05) is 32.0 Å². The Labute approximate surface area is 135 Å². The molecule has 23 heavy (non-hydrogen) atoms. The zero-order valence-electron chi connectivity index (χ0n) is 13.5. The number of urea groups is 1. The fraction of sp³-hybridized carbons (Fsp3) is 0.222. The summed E-state index contributed by atoms with van der Waals surface area (Å²) in [5, 5.41) is 5.56. The first-order valence-corrected chi connectivity index (χ1v) is 7.40. The van der Waals surface area contributed by atoms with Gasteiger partial charge < -0.3 is 15.4 Å². The molecule has 5 nitrogen and oxygen atoms in total. The monoisotopic (exact) mass is 312 g/mol. The second kappa shape index (κ2) is 7.45. The van der Waals surface area contributed by atoms with E-state index < -0.39 is 12.0 Å². The number of aryl methyl sites for hydroxylation is 2. The van der Waals surface area contributed by atoms with Crippen molar-refractivity contribution in [2.24, 2.45) is 0 Å². The number of para-hydroxylation sites is 2. The van der Waals surface area contributed by atoms with Gasteiger partial charge in [0.1, 0.15) is 0 Å². The van der Waals surface area contributed by atoms with E-state index in [0.717, 1.165) is 23.2 Å². The van der Waals surface area contributed by atoms with Gasteiger partial charge in [0.15, 0.2) is 0 Å². The van der Waals surface area contributed by atoms with Gasteiger partial charge in [-0.2, -0.15) is 0 Å². The highest BCUT2D eigenvalue weighted by molar-refractivity contribution is 6.05. The predicted molar refractivity (Wildman–Crippen MR) is 91.0 cm³/mol. The van der Waals surface area contributed by atoms with Crippen LogP contribution in [0.2, 0.25) is 0 Å². The summed E-state index contributed by atoms with van der Waals surface area (Å²) in [6.45, 7) is 3.97. The van der Waals surface area contributed by atoms with Gasteiger partial charge in [-0.05, 0) is 36.6 Å². The van der Waals surface area contributed by atoms with Crippen molar-refractivity contribution in [2.75, 3.05) is 17.7 Å². The van der Waals surface area contributed by atoms with E-state index in [4.69, 9.17) is 4.74 Å². The van der Waals surface area contributed by atoms with E-state index in [1.54, 1.807) is 24.3 Å². The summed E-state index contributed by atoms with van der Waals surface area (Å²) in [6, 6.07) is 12.2. The van der Waals surface area contributed by atoms with Crippen molar-refractivity contribution in [1.29, 1.82) is 0 Å². The Morgan fingerprint density at radius 1 is 1.04 bits per heavy atom. The van der Waals surface area contributed by atoms with Gasteiger partial charge in [-0.25, -0.2) is 9.59 Å². The van der Waals surface area contributed by atoms with Crippen LogP contribution < -0.4 is 10.6 Å². The standard InChI is InChI=1S/C18H20N2O3/c1-4-13-9-7-8-12(2)16(13)20-18(22)19-15-11-6-5-10-14(15)17(21)23-3/h5-11H,4H2,1-3H3,(H2,19,20,22). The maximum absolute atomic E-state index is 12.3. The second-order valence-corrected chi connectivity index (χ2v) is 5.08. The summed E-state index contributed by atoms with van der Waals surface area (Å²) < 4.78 is 4.72. The summed E-state index contributed by atoms with van der Waals surface area (Å²) in [5.74, 6) is -0.494. The first-order valence-electron chi connectivity index (χ1n) is 7.40. The van der Waals surface area contributed by atoms with Gasteiger partial charge in [0.05, 0.1) is 18.4 Å². The maximum Gasteiger partial charge on any atom is 0.339 e. The fourth-order valence-corrected chi connectivity index (χ4v) is 2.35. The van der Waals surface area contributed by atoms with Crippen molar-refractivity contribution >= 4 is 23.4 Å². The highest BCUT2D eigenvalue weighted by atomic mass is 16.5. The van der Waals surface area contributed by atoms with E-state index >= 15 is 0 Å². The molecule has 2 aromatic rings. The van der Waals surface area contributed by atoms with Crippen LogP contribution in [-0.2, 0) is 11.2 Å². The molecule has 0 saturated heterocycles. The lowest BCUT2D eigenvalue weighted by molar-refractivity contribution is 0.0602. The molecule has 120 valence electrons. The summed E-state index contributed by atoms with van der Waals surface area (Å²) in [4.78, 5) is 24.0. The van der Waals surface area contributed by atoms with Crippen molar-refractivity contribution in [3.8, 4) is 0 Å². The number of nitrogens with one attached hydrogen (secondary N) is 2. The lowest BCUT2D eigenvalue weighted by atomic mass is 10.1. The van der Waals surface area contributed by atoms with Crippen LogP contribution in [-0.4, -0.2) is 19.1 Å². The minimum absolute atomic E-state index is 0.311. The van der Waals surface area contributed by atoms with Gasteiger partial charge in [-0.3, -0.25) is 0 Å². The van der Waals surface area contributed by atoms with Crippen molar-refractivity contribution < 1.29 is 14.3 Å². The van der Waals surface area contributed by atoms with Gasteiger partial charge in [-0.15, -0.1) is 0 Å². The summed E-state index contributed by atoms with van der Waals surface area (Å²) in [6.07, 6.45) is 0.816. The van der Waals surface area contributed by atoms with Crippen LogP contribution in [0.15, 0.2) is 42.5 Å². The topological polar surface area (TPSA) is 67.4 Å². The first kappa shape index (κ1) is 16.5. The number of ether oxygens (including phenoxy) is 1. The smallest absolute Gasteiger partial charge is 0.339 e. The molecule has 0 saturated carbocycles. The number of hydrogen-bond acceptors (Lipinski definition) is 3. The van der Waals surface area contributed by atoms with Gasteiger partial charge in [0.25, 0.3) is 0 Å². The number of amides is 2. The number of anilines is 2. The highest BCUT2D eigenvalue weighted by Crippen LogP contribution is 2.22. The molecule has 0 bridgehead atoms. The number of rotatable bonds is 4. The molecule has 0 fully saturated rings. The third-order valence-corrected chi connectivity index (χ3v) is 3.56. The Hall–Kier alpha value is -2.82. The molecule has 0 aliphatic heterocycles. The molecular formula is C18H20N2O3. The molecule has 0 aromatic heterocycles. The van der Waals surface area contributed by atoms with Crippen molar-refractivity contribution in [1.82, 2.24) is 0 Å². The third kappa shape index (κ3) is 3.88. The zero-order valence-corrected chi connectivity index (χ0v) is 13.5. The van der Waals surface area contributed by atoms with Crippen LogP contribution in [0.5, 0.6) is 0 Å². The molecule has 0 atom stereocenters. The SMILES string of the molecule is CCc1cccc(C)c1NC(=O)Nc1ccccc1C(=O)OC. The molecule has 0 aliphatic carbocycles. The normalized spacial score (nSPS) is 10.0. The third-order valence-electron chi connectivity index (χ3n) is 3.56. The van der Waals surface area contributed by atoms with Crippen LogP contribution in [0.1, 0.15) is 28.4 Å². The molecule has 2 N–H and O–H groups in total. The Kier molecular flexibility index (Phi) is 5.36. The molecule has 2 amide bonds. The van der Waals surface area contributed by atoms with Crippen LogP contribution in [0.3, 0.4) is 0 Å². The average Bonchev–Trinajstić information content (AvgIpc) is 2.56. The molecule has 0 unspecified atom stereocenters. The Morgan fingerprint density at radius 3 is 2.48 bits per heavy atom. The summed E-state index contributed by atoms with van der Waals surface area (Å²) in [5.41, 5.74) is 3.55. The Morgan fingerprint density at radius 2 is 1.78 bits per heavy atom. The van der Waals surface area contributed by atoms with Gasteiger partial charge >= 0.3 is 12.0 Å². The quantitative estimate of drug-likeness (QED) is 0.839. The zero-order chi connectivity index (χ0) is 16.8. The van der Waals surface area contributed by atoms with E-state index in [-0.39, 0.29) is 0 Å².